The first kappa shape index (κ1) is 16.2. The van der Waals surface area contributed by atoms with Crippen LogP contribution >= 0.6 is 0 Å². The molecular weight excluding hydrogens is 214 g/mol. The fraction of sp³-hybridized carbons (Fsp3) is 0.714. The Bertz CT molecular complexity index is 253. The molecule has 0 rings (SSSR count). The topological polar surface area (TPSA) is 26.3 Å². The number of hydrogen-bond acceptors (Lipinski definition) is 2. The minimum absolute atomic E-state index is 0.00394. The number of rotatable bonds is 8. The fourth-order valence-corrected chi connectivity index (χ4v) is 1.45. The molecule has 0 saturated heterocycles. The average molecular weight is 241 g/mol. The lowest BCUT2D eigenvalue weighted by Gasteiger charge is -2.25. The van der Waals surface area contributed by atoms with Crippen LogP contribution in [0.1, 0.15) is 33.1 Å². The molecule has 0 aromatic carbocycles. The highest BCUT2D eigenvalue weighted by Crippen LogP contribution is 2.12. The minimum Gasteiger partial charge on any atom is -0.459 e. The van der Waals surface area contributed by atoms with Gasteiger partial charge in [0, 0.05) is 12.0 Å². The summed E-state index contributed by atoms with van der Waals surface area (Å²) in [6.45, 7) is 8.36. The summed E-state index contributed by atoms with van der Waals surface area (Å²) in [6, 6.07) is 0. The van der Waals surface area contributed by atoms with Crippen molar-refractivity contribution in [1.29, 1.82) is 0 Å². The van der Waals surface area contributed by atoms with Crippen LogP contribution in [0.5, 0.6) is 0 Å². The molecule has 1 atom stereocenters. The Balaban J connectivity index is 4.07. The minimum atomic E-state index is -0.276. The van der Waals surface area contributed by atoms with Gasteiger partial charge in [-0.25, -0.2) is 4.79 Å². The summed E-state index contributed by atoms with van der Waals surface area (Å²) in [6.07, 6.45) is 4.95. The third kappa shape index (κ3) is 8.93. The lowest BCUT2D eigenvalue weighted by atomic mass is 10.1. The van der Waals surface area contributed by atoms with E-state index in [0.29, 0.717) is 5.57 Å². The highest BCUT2D eigenvalue weighted by atomic mass is 16.5. The summed E-state index contributed by atoms with van der Waals surface area (Å²) >= 11 is 0. The zero-order chi connectivity index (χ0) is 13.5. The predicted molar refractivity (Wildman–Crippen MR) is 71.4 cm³/mol. The first-order valence-electron chi connectivity index (χ1n) is 6.25. The molecule has 3 nitrogen and oxygen atoms in total. The maximum Gasteiger partial charge on any atom is 0.333 e. The number of hydrogen-bond donors (Lipinski definition) is 0. The van der Waals surface area contributed by atoms with Gasteiger partial charge in [0.1, 0.15) is 6.10 Å². The van der Waals surface area contributed by atoms with Crippen molar-refractivity contribution >= 4 is 5.97 Å². The molecule has 0 aromatic heterocycles. The van der Waals surface area contributed by atoms with Crippen LogP contribution in [0.3, 0.4) is 0 Å². The van der Waals surface area contributed by atoms with Gasteiger partial charge in [-0.2, -0.15) is 0 Å². The van der Waals surface area contributed by atoms with Gasteiger partial charge in [0.25, 0.3) is 0 Å². The fourth-order valence-electron chi connectivity index (χ4n) is 1.45. The molecule has 3 heteroatoms. The summed E-state index contributed by atoms with van der Waals surface area (Å²) in [5.41, 5.74) is 0.470. The largest absolute Gasteiger partial charge is 0.459 e. The van der Waals surface area contributed by atoms with Crippen LogP contribution in [-0.2, 0) is 9.53 Å². The van der Waals surface area contributed by atoms with Gasteiger partial charge in [-0.3, -0.25) is 0 Å². The van der Waals surface area contributed by atoms with Gasteiger partial charge < -0.3 is 9.22 Å². The van der Waals surface area contributed by atoms with E-state index in [1.54, 1.807) is 6.92 Å². The van der Waals surface area contributed by atoms with Gasteiger partial charge in [0.15, 0.2) is 0 Å². The van der Waals surface area contributed by atoms with Crippen LogP contribution in [0.4, 0.5) is 0 Å². The van der Waals surface area contributed by atoms with E-state index in [9.17, 15) is 4.79 Å². The number of ether oxygens (including phenoxy) is 1. The Labute approximate surface area is 106 Å². The number of nitrogens with zero attached hydrogens (tertiary/aromatic N) is 1. The maximum absolute atomic E-state index is 11.4. The summed E-state index contributed by atoms with van der Waals surface area (Å²) in [5, 5.41) is 0. The van der Waals surface area contributed by atoms with Gasteiger partial charge in [-0.1, -0.05) is 19.9 Å². The standard InChI is InChI=1S/C14H27NO2/c1-7-9-13(17-14(16)12(2)3)10-8-11-15(4,5)6/h8,13H,2,7,9-11H2,1,3-6H3/q+1. The molecule has 0 spiro atoms. The normalized spacial score (nSPS) is 13.2. The first-order chi connectivity index (χ1) is 7.76. The lowest BCUT2D eigenvalue weighted by molar-refractivity contribution is -0.866. The summed E-state index contributed by atoms with van der Waals surface area (Å²) < 4.78 is 6.29. The molecule has 0 fully saturated rings. The van der Waals surface area contributed by atoms with E-state index in [4.69, 9.17) is 4.74 Å². The van der Waals surface area contributed by atoms with E-state index in [1.807, 2.05) is 0 Å². The molecule has 0 aliphatic carbocycles. The molecule has 17 heavy (non-hydrogen) atoms. The molecular formula is C14H27NO2+. The quantitative estimate of drug-likeness (QED) is 0.371. The Morgan fingerprint density at radius 3 is 2.41 bits per heavy atom. The Hall–Kier alpha value is -0.830. The van der Waals surface area contributed by atoms with E-state index >= 15 is 0 Å². The van der Waals surface area contributed by atoms with Crippen molar-refractivity contribution in [3.8, 4) is 0 Å². The van der Waals surface area contributed by atoms with Crippen molar-refractivity contribution in [2.45, 2.75) is 39.2 Å². The van der Waals surface area contributed by atoms with Crippen molar-refractivity contribution in [2.75, 3.05) is 27.7 Å². The van der Waals surface area contributed by atoms with E-state index in [2.05, 4.69) is 41.1 Å². The van der Waals surface area contributed by atoms with E-state index in [0.717, 1.165) is 30.3 Å². The SMILES string of the molecule is C=C(C)C(=O)OC(C[CH]C[N+](C)(C)C)CCC. The van der Waals surface area contributed by atoms with E-state index in [-0.39, 0.29) is 12.1 Å². The van der Waals surface area contributed by atoms with Crippen LogP contribution in [0.2, 0.25) is 0 Å². The molecule has 99 valence electrons. The molecule has 0 heterocycles. The Morgan fingerprint density at radius 1 is 1.41 bits per heavy atom. The van der Waals surface area contributed by atoms with Gasteiger partial charge in [-0.05, 0) is 19.8 Å². The monoisotopic (exact) mass is 241 g/mol. The first-order valence-corrected chi connectivity index (χ1v) is 6.25. The zero-order valence-corrected chi connectivity index (χ0v) is 12.0. The van der Waals surface area contributed by atoms with E-state index < -0.39 is 0 Å². The highest BCUT2D eigenvalue weighted by Gasteiger charge is 2.16. The van der Waals surface area contributed by atoms with E-state index in [1.165, 1.54) is 0 Å². The van der Waals surface area contributed by atoms with Crippen LogP contribution in [-0.4, -0.2) is 44.2 Å². The predicted octanol–water partition coefficient (Wildman–Crippen LogP) is 2.57. The van der Waals surface area contributed by atoms with Crippen LogP contribution in [0.25, 0.3) is 0 Å². The molecule has 0 saturated carbocycles. The third-order valence-corrected chi connectivity index (χ3v) is 2.34. The number of esters is 1. The van der Waals surface area contributed by atoms with Gasteiger partial charge >= 0.3 is 5.97 Å². The Morgan fingerprint density at radius 2 is 2.00 bits per heavy atom. The van der Waals surface area contributed by atoms with Crippen molar-refractivity contribution in [3.63, 3.8) is 0 Å². The molecule has 0 aliphatic heterocycles. The number of quaternary nitrogens is 1. The van der Waals surface area contributed by atoms with Gasteiger partial charge in [0.05, 0.1) is 27.7 Å². The summed E-state index contributed by atoms with van der Waals surface area (Å²) in [7, 11) is 6.43. The van der Waals surface area contributed by atoms with Crippen molar-refractivity contribution in [3.05, 3.63) is 18.6 Å². The van der Waals surface area contributed by atoms with Gasteiger partial charge in [-0.15, -0.1) is 0 Å². The second-order valence-corrected chi connectivity index (χ2v) is 5.59. The molecule has 0 aliphatic rings. The lowest BCUT2D eigenvalue weighted by Crippen LogP contribution is -2.36. The number of carbonyl (C=O) groups is 1. The maximum atomic E-state index is 11.4. The Kier molecular flexibility index (Phi) is 7.12. The molecule has 0 N–H and O–H groups in total. The van der Waals surface area contributed by atoms with Crippen molar-refractivity contribution in [1.82, 2.24) is 0 Å². The second-order valence-electron chi connectivity index (χ2n) is 5.59. The van der Waals surface area contributed by atoms with Crippen LogP contribution < -0.4 is 0 Å². The van der Waals surface area contributed by atoms with Crippen molar-refractivity contribution < 1.29 is 14.0 Å². The summed E-state index contributed by atoms with van der Waals surface area (Å²) in [4.78, 5) is 11.4. The molecule has 1 radical (unpaired) electrons. The molecule has 0 aromatic rings. The van der Waals surface area contributed by atoms with Gasteiger partial charge in [0.2, 0.25) is 0 Å². The van der Waals surface area contributed by atoms with Crippen LogP contribution in [0.15, 0.2) is 12.2 Å². The molecule has 1 unspecified atom stereocenters. The summed E-state index contributed by atoms with van der Waals surface area (Å²) in [5.74, 6) is -0.276. The smallest absolute Gasteiger partial charge is 0.333 e. The molecule has 0 amide bonds. The number of carbonyl (C=O) groups excluding carboxylic acids is 1. The molecule has 0 bridgehead atoms. The highest BCUT2D eigenvalue weighted by molar-refractivity contribution is 5.87. The third-order valence-electron chi connectivity index (χ3n) is 2.34. The van der Waals surface area contributed by atoms with Crippen molar-refractivity contribution in [2.24, 2.45) is 0 Å². The van der Waals surface area contributed by atoms with Crippen LogP contribution in [0, 0.1) is 6.42 Å². The second kappa shape index (κ2) is 7.49. The average Bonchev–Trinajstić information content (AvgIpc) is 2.15. The zero-order valence-electron chi connectivity index (χ0n) is 12.0.